The minimum atomic E-state index is -0.111. The number of nitrogens with zero attached hydrogens (tertiary/aromatic N) is 1. The molecule has 2 heteroatoms. The van der Waals surface area contributed by atoms with Crippen molar-refractivity contribution in [1.82, 2.24) is 4.90 Å². The van der Waals surface area contributed by atoms with Crippen LogP contribution >= 0.6 is 0 Å². The SMILES string of the molecule is [CH2][C@@H](C)C(=O)N(CC)CC. The summed E-state index contributed by atoms with van der Waals surface area (Å²) < 4.78 is 0. The molecule has 1 radical (unpaired) electrons. The topological polar surface area (TPSA) is 20.3 Å². The number of hydrogen-bond acceptors (Lipinski definition) is 1. The minimum Gasteiger partial charge on any atom is -0.343 e. The van der Waals surface area contributed by atoms with Crippen LogP contribution in [0.2, 0.25) is 0 Å². The fourth-order valence-electron chi connectivity index (χ4n) is 0.847. The quantitative estimate of drug-likeness (QED) is 0.582. The van der Waals surface area contributed by atoms with Crippen molar-refractivity contribution < 1.29 is 4.79 Å². The Labute approximate surface area is 63.2 Å². The van der Waals surface area contributed by atoms with E-state index >= 15 is 0 Å². The van der Waals surface area contributed by atoms with Gasteiger partial charge in [-0.05, 0) is 20.8 Å². The summed E-state index contributed by atoms with van der Waals surface area (Å²) in [6.07, 6.45) is 0. The molecule has 0 aromatic carbocycles. The lowest BCUT2D eigenvalue weighted by molar-refractivity contribution is -0.133. The molecule has 59 valence electrons. The van der Waals surface area contributed by atoms with E-state index in [0.717, 1.165) is 13.1 Å². The predicted molar refractivity (Wildman–Crippen MR) is 42.4 cm³/mol. The third-order valence-corrected chi connectivity index (χ3v) is 1.50. The van der Waals surface area contributed by atoms with Crippen molar-refractivity contribution in [1.29, 1.82) is 0 Å². The molecule has 0 aliphatic carbocycles. The first-order valence-corrected chi connectivity index (χ1v) is 3.75. The largest absolute Gasteiger partial charge is 0.343 e. The van der Waals surface area contributed by atoms with Crippen LogP contribution in [0, 0.1) is 12.8 Å². The van der Waals surface area contributed by atoms with Gasteiger partial charge in [0.2, 0.25) is 5.91 Å². The molecule has 0 saturated heterocycles. The summed E-state index contributed by atoms with van der Waals surface area (Å²) >= 11 is 0. The summed E-state index contributed by atoms with van der Waals surface area (Å²) in [7, 11) is 0. The van der Waals surface area contributed by atoms with Crippen LogP contribution in [0.3, 0.4) is 0 Å². The molecule has 0 aliphatic rings. The van der Waals surface area contributed by atoms with E-state index in [9.17, 15) is 4.79 Å². The second kappa shape index (κ2) is 4.31. The minimum absolute atomic E-state index is 0.111. The predicted octanol–water partition coefficient (Wildman–Crippen LogP) is 1.32. The zero-order valence-corrected chi connectivity index (χ0v) is 7.05. The van der Waals surface area contributed by atoms with Crippen LogP contribution < -0.4 is 0 Å². The maximum Gasteiger partial charge on any atom is 0.225 e. The maximum atomic E-state index is 11.2. The van der Waals surface area contributed by atoms with E-state index in [-0.39, 0.29) is 11.8 Å². The summed E-state index contributed by atoms with van der Waals surface area (Å²) in [5.74, 6) is 0.0323. The average molecular weight is 142 g/mol. The molecule has 0 spiro atoms. The smallest absolute Gasteiger partial charge is 0.225 e. The molecule has 0 N–H and O–H groups in total. The summed E-state index contributed by atoms with van der Waals surface area (Å²) in [5, 5.41) is 0. The highest BCUT2D eigenvalue weighted by molar-refractivity contribution is 5.78. The van der Waals surface area contributed by atoms with Gasteiger partial charge in [-0.2, -0.15) is 0 Å². The Kier molecular flexibility index (Phi) is 4.08. The van der Waals surface area contributed by atoms with Gasteiger partial charge in [-0.1, -0.05) is 6.92 Å². The third kappa shape index (κ3) is 2.38. The second-order valence-corrected chi connectivity index (χ2v) is 2.41. The van der Waals surface area contributed by atoms with Gasteiger partial charge in [-0.15, -0.1) is 0 Å². The Morgan fingerprint density at radius 1 is 1.50 bits per heavy atom. The first-order chi connectivity index (χ1) is 4.63. The zero-order valence-electron chi connectivity index (χ0n) is 7.05. The van der Waals surface area contributed by atoms with Crippen molar-refractivity contribution in [2.45, 2.75) is 20.8 Å². The van der Waals surface area contributed by atoms with Crippen molar-refractivity contribution in [3.05, 3.63) is 6.92 Å². The molecule has 0 unspecified atom stereocenters. The highest BCUT2D eigenvalue weighted by Gasteiger charge is 2.12. The normalized spacial score (nSPS) is 10.1. The van der Waals surface area contributed by atoms with Crippen LogP contribution in [0.4, 0.5) is 0 Å². The molecular formula is C8H16NO. The van der Waals surface area contributed by atoms with E-state index < -0.39 is 0 Å². The molecule has 0 rings (SSSR count). The first kappa shape index (κ1) is 9.47. The Bertz CT molecular complexity index is 106. The molecular weight excluding hydrogens is 126 g/mol. The average Bonchev–Trinajstić information content (AvgIpc) is 1.90. The van der Waals surface area contributed by atoms with Gasteiger partial charge in [0, 0.05) is 19.0 Å². The first-order valence-electron chi connectivity index (χ1n) is 3.75. The van der Waals surface area contributed by atoms with Crippen molar-refractivity contribution >= 4 is 5.91 Å². The van der Waals surface area contributed by atoms with Crippen LogP contribution in [-0.2, 0) is 4.79 Å². The van der Waals surface area contributed by atoms with Gasteiger partial charge in [0.05, 0.1) is 0 Å². The molecule has 1 atom stereocenters. The lowest BCUT2D eigenvalue weighted by Crippen LogP contribution is -2.33. The van der Waals surface area contributed by atoms with Gasteiger partial charge in [0.15, 0.2) is 0 Å². The van der Waals surface area contributed by atoms with Gasteiger partial charge < -0.3 is 4.90 Å². The monoisotopic (exact) mass is 142 g/mol. The molecule has 0 bridgehead atoms. The molecule has 10 heavy (non-hydrogen) atoms. The standard InChI is InChI=1S/C8H16NO/c1-5-9(6-2)8(10)7(3)4/h7H,3,5-6H2,1-2,4H3/t7-/m0/s1. The summed E-state index contributed by atoms with van der Waals surface area (Å²) in [6, 6.07) is 0. The van der Waals surface area contributed by atoms with Crippen LogP contribution in [-0.4, -0.2) is 23.9 Å². The summed E-state index contributed by atoms with van der Waals surface area (Å²) in [4.78, 5) is 13.0. The van der Waals surface area contributed by atoms with E-state index in [4.69, 9.17) is 0 Å². The van der Waals surface area contributed by atoms with Gasteiger partial charge in [0.25, 0.3) is 0 Å². The number of carbonyl (C=O) groups excluding carboxylic acids is 1. The Hall–Kier alpha value is -0.530. The molecule has 0 saturated carbocycles. The van der Waals surface area contributed by atoms with Gasteiger partial charge in [-0.3, -0.25) is 4.79 Å². The van der Waals surface area contributed by atoms with E-state index in [1.165, 1.54) is 0 Å². The van der Waals surface area contributed by atoms with Crippen molar-refractivity contribution in [3.8, 4) is 0 Å². The van der Waals surface area contributed by atoms with Gasteiger partial charge in [-0.25, -0.2) is 0 Å². The fourth-order valence-corrected chi connectivity index (χ4v) is 0.847. The molecule has 1 amide bonds. The van der Waals surface area contributed by atoms with Crippen molar-refractivity contribution in [2.24, 2.45) is 5.92 Å². The molecule has 0 aliphatic heterocycles. The van der Waals surface area contributed by atoms with Crippen molar-refractivity contribution in [3.63, 3.8) is 0 Å². The van der Waals surface area contributed by atoms with E-state index in [2.05, 4.69) is 6.92 Å². The maximum absolute atomic E-state index is 11.2. The van der Waals surface area contributed by atoms with Gasteiger partial charge >= 0.3 is 0 Å². The number of carbonyl (C=O) groups is 1. The van der Waals surface area contributed by atoms with Crippen LogP contribution in [0.5, 0.6) is 0 Å². The number of amides is 1. The van der Waals surface area contributed by atoms with E-state index in [1.54, 1.807) is 4.90 Å². The highest BCUT2D eigenvalue weighted by Crippen LogP contribution is 1.99. The summed E-state index contributed by atoms with van der Waals surface area (Å²) in [6.45, 7) is 11.0. The fraction of sp³-hybridized carbons (Fsp3) is 0.750. The molecule has 0 aromatic heterocycles. The summed E-state index contributed by atoms with van der Waals surface area (Å²) in [5.41, 5.74) is 0. The number of hydrogen-bond donors (Lipinski definition) is 0. The van der Waals surface area contributed by atoms with Crippen LogP contribution in [0.1, 0.15) is 20.8 Å². The molecule has 2 nitrogen and oxygen atoms in total. The Morgan fingerprint density at radius 2 is 1.90 bits per heavy atom. The molecule has 0 heterocycles. The van der Waals surface area contributed by atoms with Crippen molar-refractivity contribution in [2.75, 3.05) is 13.1 Å². The third-order valence-electron chi connectivity index (χ3n) is 1.50. The Balaban J connectivity index is 3.89. The lowest BCUT2D eigenvalue weighted by atomic mass is 10.2. The highest BCUT2D eigenvalue weighted by atomic mass is 16.2. The van der Waals surface area contributed by atoms with E-state index in [0.29, 0.717) is 0 Å². The van der Waals surface area contributed by atoms with E-state index in [1.807, 2.05) is 20.8 Å². The van der Waals surface area contributed by atoms with Crippen LogP contribution in [0.25, 0.3) is 0 Å². The zero-order chi connectivity index (χ0) is 8.15. The van der Waals surface area contributed by atoms with Gasteiger partial charge in [0.1, 0.15) is 0 Å². The Morgan fingerprint density at radius 3 is 2.00 bits per heavy atom. The second-order valence-electron chi connectivity index (χ2n) is 2.41. The molecule has 0 aromatic rings. The molecule has 0 fully saturated rings. The van der Waals surface area contributed by atoms with Crippen LogP contribution in [0.15, 0.2) is 0 Å². The number of rotatable bonds is 3. The lowest BCUT2D eigenvalue weighted by Gasteiger charge is -2.20.